The molecule has 3 aromatic rings. The van der Waals surface area contributed by atoms with Crippen molar-refractivity contribution in [2.75, 3.05) is 31.0 Å². The Kier molecular flexibility index (Phi) is 6.15. The Hall–Kier alpha value is -2.71. The summed E-state index contributed by atoms with van der Waals surface area (Å²) in [6.07, 6.45) is 3.69. The summed E-state index contributed by atoms with van der Waals surface area (Å²) in [5, 5.41) is 0. The second-order valence-electron chi connectivity index (χ2n) is 7.54. The average molecular weight is 427 g/mol. The number of hydrogen-bond donors (Lipinski definition) is 1. The van der Waals surface area contributed by atoms with Crippen LogP contribution in [0.3, 0.4) is 0 Å². The van der Waals surface area contributed by atoms with E-state index < -0.39 is 10.0 Å². The Morgan fingerprint density at radius 3 is 2.33 bits per heavy atom. The van der Waals surface area contributed by atoms with Gasteiger partial charge in [-0.3, -0.25) is 9.62 Å². The predicted molar refractivity (Wildman–Crippen MR) is 117 cm³/mol. The minimum absolute atomic E-state index is 0.105. The van der Waals surface area contributed by atoms with Gasteiger partial charge < -0.3 is 4.74 Å². The van der Waals surface area contributed by atoms with Crippen molar-refractivity contribution in [3.8, 4) is 5.88 Å². The van der Waals surface area contributed by atoms with Gasteiger partial charge in [0.1, 0.15) is 6.61 Å². The highest BCUT2D eigenvalue weighted by atomic mass is 32.2. The first-order valence-electron chi connectivity index (χ1n) is 10.2. The fraction of sp³-hybridized carbons (Fsp3) is 0.364. The maximum Gasteiger partial charge on any atom is 0.263 e. The molecule has 8 heteroatoms. The summed E-state index contributed by atoms with van der Waals surface area (Å²) in [6.45, 7) is 5.25. The summed E-state index contributed by atoms with van der Waals surface area (Å²) < 4.78 is 34.2. The normalized spacial score (nSPS) is 15.2. The minimum Gasteiger partial charge on any atom is -0.474 e. The molecule has 158 valence electrons. The summed E-state index contributed by atoms with van der Waals surface area (Å²) in [7, 11) is -3.81. The van der Waals surface area contributed by atoms with Crippen LogP contribution in [-0.2, 0) is 10.0 Å². The molecule has 1 saturated heterocycles. The van der Waals surface area contributed by atoms with Gasteiger partial charge in [-0.1, -0.05) is 36.2 Å². The van der Waals surface area contributed by atoms with E-state index in [0.717, 1.165) is 25.2 Å². The van der Waals surface area contributed by atoms with Crippen LogP contribution in [0, 0.1) is 6.92 Å². The molecule has 0 atom stereocenters. The third-order valence-corrected chi connectivity index (χ3v) is 6.55. The number of fused-ring (bicyclic) bond motifs is 1. The Bertz CT molecular complexity index is 1110. The van der Waals surface area contributed by atoms with Crippen molar-refractivity contribution in [1.29, 1.82) is 0 Å². The summed E-state index contributed by atoms with van der Waals surface area (Å²) in [6, 6.07) is 14.0. The molecule has 0 radical (unpaired) electrons. The van der Waals surface area contributed by atoms with Gasteiger partial charge in [-0.05, 0) is 57.1 Å². The molecule has 0 spiro atoms. The first-order valence-corrected chi connectivity index (χ1v) is 11.7. The Labute approximate surface area is 177 Å². The van der Waals surface area contributed by atoms with Crippen molar-refractivity contribution in [3.05, 3.63) is 54.1 Å². The largest absolute Gasteiger partial charge is 0.474 e. The van der Waals surface area contributed by atoms with Gasteiger partial charge in [0.05, 0.1) is 15.9 Å². The van der Waals surface area contributed by atoms with Crippen molar-refractivity contribution < 1.29 is 13.2 Å². The zero-order valence-electron chi connectivity index (χ0n) is 17.0. The zero-order valence-corrected chi connectivity index (χ0v) is 17.9. The lowest BCUT2D eigenvalue weighted by atomic mass is 10.1. The molecule has 2 heterocycles. The van der Waals surface area contributed by atoms with Gasteiger partial charge in [0.15, 0.2) is 0 Å². The average Bonchev–Trinajstić information content (AvgIpc) is 2.75. The highest BCUT2D eigenvalue weighted by molar-refractivity contribution is 7.92. The number of ether oxygens (including phenoxy) is 1. The van der Waals surface area contributed by atoms with Crippen LogP contribution in [0.5, 0.6) is 5.88 Å². The van der Waals surface area contributed by atoms with Crippen molar-refractivity contribution in [1.82, 2.24) is 14.9 Å². The number of anilines is 1. The number of piperidine rings is 1. The lowest BCUT2D eigenvalue weighted by Crippen LogP contribution is -2.33. The summed E-state index contributed by atoms with van der Waals surface area (Å²) in [5.41, 5.74) is 2.24. The molecule has 1 aromatic heterocycles. The highest BCUT2D eigenvalue weighted by Crippen LogP contribution is 2.26. The lowest BCUT2D eigenvalue weighted by Gasteiger charge is -2.26. The molecule has 1 aliphatic rings. The second-order valence-corrected chi connectivity index (χ2v) is 9.22. The quantitative estimate of drug-likeness (QED) is 0.621. The number of rotatable bonds is 7. The summed E-state index contributed by atoms with van der Waals surface area (Å²) in [4.78, 5) is 11.5. The van der Waals surface area contributed by atoms with E-state index in [-0.39, 0.29) is 16.6 Å². The van der Waals surface area contributed by atoms with Gasteiger partial charge in [0, 0.05) is 6.54 Å². The predicted octanol–water partition coefficient (Wildman–Crippen LogP) is 3.60. The molecular formula is C22H26N4O3S. The third kappa shape index (κ3) is 4.88. The Morgan fingerprint density at radius 1 is 0.967 bits per heavy atom. The summed E-state index contributed by atoms with van der Waals surface area (Å²) in [5.74, 6) is 0.300. The molecule has 30 heavy (non-hydrogen) atoms. The van der Waals surface area contributed by atoms with Gasteiger partial charge >= 0.3 is 0 Å². The molecule has 0 amide bonds. The molecule has 0 aliphatic carbocycles. The molecular weight excluding hydrogens is 400 g/mol. The fourth-order valence-electron chi connectivity index (χ4n) is 3.51. The van der Waals surface area contributed by atoms with Crippen LogP contribution >= 0.6 is 0 Å². The molecule has 1 aliphatic heterocycles. The molecule has 0 unspecified atom stereocenters. The zero-order chi connectivity index (χ0) is 21.0. The molecule has 1 N–H and O–H groups in total. The number of nitrogens with one attached hydrogen (secondary N) is 1. The number of para-hydroxylation sites is 2. The number of aryl methyl sites for hydroxylation is 1. The number of hydrogen-bond acceptors (Lipinski definition) is 6. The van der Waals surface area contributed by atoms with E-state index in [1.54, 1.807) is 30.3 Å². The van der Waals surface area contributed by atoms with Crippen molar-refractivity contribution in [2.24, 2.45) is 0 Å². The number of aromatic nitrogens is 2. The molecule has 4 rings (SSSR count). The minimum atomic E-state index is -3.81. The molecule has 0 bridgehead atoms. The highest BCUT2D eigenvalue weighted by Gasteiger charge is 2.20. The van der Waals surface area contributed by atoms with E-state index >= 15 is 0 Å². The number of nitrogens with zero attached hydrogens (tertiary/aromatic N) is 3. The van der Waals surface area contributed by atoms with Crippen LogP contribution in [0.25, 0.3) is 11.0 Å². The van der Waals surface area contributed by atoms with Gasteiger partial charge in [-0.25, -0.2) is 18.4 Å². The van der Waals surface area contributed by atoms with Crippen LogP contribution in [-0.4, -0.2) is 49.5 Å². The topological polar surface area (TPSA) is 84.4 Å². The third-order valence-electron chi connectivity index (χ3n) is 5.20. The number of sulfonamides is 1. The van der Waals surface area contributed by atoms with Crippen LogP contribution in [0.15, 0.2) is 53.4 Å². The van der Waals surface area contributed by atoms with Gasteiger partial charge in [-0.15, -0.1) is 0 Å². The SMILES string of the molecule is Cc1ccc(S(=O)(=O)Nc2nc3ccccc3nc2OCCN2CCCCC2)cc1. The van der Waals surface area contributed by atoms with E-state index in [2.05, 4.69) is 19.6 Å². The lowest BCUT2D eigenvalue weighted by molar-refractivity contribution is 0.181. The molecule has 1 fully saturated rings. The standard InChI is InChI=1S/C22H26N4O3S/c1-17-9-11-18(12-10-17)30(27,28)25-21-22(24-20-8-4-3-7-19(20)23-21)29-16-15-26-13-5-2-6-14-26/h3-4,7-12H,2,5-6,13-16H2,1H3,(H,23,25). The Morgan fingerprint density at radius 2 is 1.63 bits per heavy atom. The molecule has 2 aromatic carbocycles. The van der Waals surface area contributed by atoms with Crippen molar-refractivity contribution >= 4 is 26.9 Å². The first-order chi connectivity index (χ1) is 14.5. The molecule has 7 nitrogen and oxygen atoms in total. The van der Waals surface area contributed by atoms with E-state index in [1.807, 2.05) is 25.1 Å². The maximum absolute atomic E-state index is 12.9. The summed E-state index contributed by atoms with van der Waals surface area (Å²) >= 11 is 0. The Balaban J connectivity index is 1.58. The van der Waals surface area contributed by atoms with Crippen LogP contribution in [0.2, 0.25) is 0 Å². The fourth-order valence-corrected chi connectivity index (χ4v) is 4.51. The molecule has 0 saturated carbocycles. The second kappa shape index (κ2) is 8.97. The maximum atomic E-state index is 12.9. The van der Waals surface area contributed by atoms with Crippen molar-refractivity contribution in [3.63, 3.8) is 0 Å². The van der Waals surface area contributed by atoms with Gasteiger partial charge in [0.2, 0.25) is 5.82 Å². The van der Waals surface area contributed by atoms with Crippen molar-refractivity contribution in [2.45, 2.75) is 31.1 Å². The first kappa shape index (κ1) is 20.6. The van der Waals surface area contributed by atoms with E-state index in [0.29, 0.717) is 17.6 Å². The van der Waals surface area contributed by atoms with E-state index in [4.69, 9.17) is 4.74 Å². The van der Waals surface area contributed by atoms with Gasteiger partial charge in [-0.2, -0.15) is 0 Å². The number of likely N-dealkylation sites (tertiary alicyclic amines) is 1. The van der Waals surface area contributed by atoms with Gasteiger partial charge in [0.25, 0.3) is 15.9 Å². The van der Waals surface area contributed by atoms with E-state index in [1.165, 1.54) is 19.3 Å². The van der Waals surface area contributed by atoms with Crippen LogP contribution < -0.4 is 9.46 Å². The monoisotopic (exact) mass is 426 g/mol. The van der Waals surface area contributed by atoms with Crippen LogP contribution in [0.1, 0.15) is 24.8 Å². The smallest absolute Gasteiger partial charge is 0.263 e. The van der Waals surface area contributed by atoms with Crippen LogP contribution in [0.4, 0.5) is 5.82 Å². The number of benzene rings is 2. The van der Waals surface area contributed by atoms with E-state index in [9.17, 15) is 8.42 Å².